The number of rotatable bonds is 6. The van der Waals surface area contributed by atoms with Crippen molar-refractivity contribution in [1.29, 1.82) is 0 Å². The average molecular weight is 433 g/mol. The summed E-state index contributed by atoms with van der Waals surface area (Å²) in [5, 5.41) is 5.01. The van der Waals surface area contributed by atoms with Gasteiger partial charge in [0.2, 0.25) is 11.9 Å². The second-order valence-corrected chi connectivity index (χ2v) is 9.17. The molecule has 9 heteroatoms. The highest BCUT2D eigenvalue weighted by atomic mass is 32.2. The van der Waals surface area contributed by atoms with Gasteiger partial charge in [-0.1, -0.05) is 18.2 Å². The molecule has 2 aromatic carbocycles. The first-order chi connectivity index (χ1) is 15.0. The SMILES string of the molecule is O=C(Nc1ccc2cnccc2c1)[C@@H]1CC1c1ccc(S(=O)(=O)Nc2ncc[nH]2)cc1. The number of anilines is 2. The van der Waals surface area contributed by atoms with E-state index in [1.165, 1.54) is 12.4 Å². The van der Waals surface area contributed by atoms with E-state index >= 15 is 0 Å². The fourth-order valence-corrected chi connectivity index (χ4v) is 4.63. The van der Waals surface area contributed by atoms with Crippen LogP contribution in [0.1, 0.15) is 17.9 Å². The van der Waals surface area contributed by atoms with Crippen LogP contribution >= 0.6 is 0 Å². The number of fused-ring (bicyclic) bond motifs is 1. The average Bonchev–Trinajstić information content (AvgIpc) is 3.43. The molecule has 4 aromatic rings. The van der Waals surface area contributed by atoms with Crippen LogP contribution in [0.3, 0.4) is 0 Å². The molecule has 0 aliphatic heterocycles. The van der Waals surface area contributed by atoms with Crippen molar-refractivity contribution in [2.75, 3.05) is 10.0 Å². The molecule has 3 N–H and O–H groups in total. The molecule has 1 unspecified atom stereocenters. The van der Waals surface area contributed by atoms with Crippen LogP contribution in [0, 0.1) is 5.92 Å². The summed E-state index contributed by atoms with van der Waals surface area (Å²) in [4.78, 5) is 23.5. The Hall–Kier alpha value is -3.72. The fourth-order valence-electron chi connectivity index (χ4n) is 3.65. The first kappa shape index (κ1) is 19.3. The Kier molecular flexibility index (Phi) is 4.67. The van der Waals surface area contributed by atoms with Gasteiger partial charge < -0.3 is 10.3 Å². The summed E-state index contributed by atoms with van der Waals surface area (Å²) >= 11 is 0. The van der Waals surface area contributed by atoms with E-state index in [0.717, 1.165) is 28.4 Å². The second-order valence-electron chi connectivity index (χ2n) is 7.49. The number of aromatic nitrogens is 3. The molecule has 2 heterocycles. The normalized spacial score (nSPS) is 17.9. The monoisotopic (exact) mass is 433 g/mol. The molecule has 156 valence electrons. The smallest absolute Gasteiger partial charge is 0.264 e. The van der Waals surface area contributed by atoms with Gasteiger partial charge in [-0.2, -0.15) is 0 Å². The van der Waals surface area contributed by atoms with E-state index in [2.05, 4.69) is 25.0 Å². The number of hydrogen-bond donors (Lipinski definition) is 3. The maximum atomic E-state index is 12.7. The molecule has 0 spiro atoms. The quantitative estimate of drug-likeness (QED) is 0.430. The first-order valence-corrected chi connectivity index (χ1v) is 11.2. The predicted octanol–water partition coefficient (Wildman–Crippen LogP) is 3.50. The molecule has 0 radical (unpaired) electrons. The zero-order valence-electron chi connectivity index (χ0n) is 16.3. The summed E-state index contributed by atoms with van der Waals surface area (Å²) < 4.78 is 27.2. The Morgan fingerprint density at radius 1 is 1.03 bits per heavy atom. The summed E-state index contributed by atoms with van der Waals surface area (Å²) in [6, 6.07) is 14.2. The third kappa shape index (κ3) is 3.99. The number of H-pyrrole nitrogens is 1. The lowest BCUT2D eigenvalue weighted by Crippen LogP contribution is -2.15. The molecular formula is C22H19N5O3S. The molecule has 1 amide bonds. The van der Waals surface area contributed by atoms with Gasteiger partial charge in [0, 0.05) is 41.8 Å². The van der Waals surface area contributed by atoms with Crippen molar-refractivity contribution in [1.82, 2.24) is 15.0 Å². The Morgan fingerprint density at radius 2 is 1.87 bits per heavy atom. The van der Waals surface area contributed by atoms with Crippen LogP contribution in [0.15, 0.2) is 78.2 Å². The molecule has 2 atom stereocenters. The molecule has 1 aliphatic rings. The fraction of sp³-hybridized carbons (Fsp3) is 0.136. The Bertz CT molecular complexity index is 1350. The number of sulfonamides is 1. The van der Waals surface area contributed by atoms with Crippen molar-refractivity contribution in [2.24, 2.45) is 5.92 Å². The lowest BCUT2D eigenvalue weighted by molar-refractivity contribution is -0.117. The van der Waals surface area contributed by atoms with Crippen LogP contribution in [0.5, 0.6) is 0 Å². The van der Waals surface area contributed by atoms with Crippen molar-refractivity contribution in [3.05, 3.63) is 78.9 Å². The van der Waals surface area contributed by atoms with Crippen LogP contribution < -0.4 is 10.0 Å². The third-order valence-corrected chi connectivity index (χ3v) is 6.74. The largest absolute Gasteiger partial charge is 0.330 e. The number of hydrogen-bond acceptors (Lipinski definition) is 5. The maximum absolute atomic E-state index is 12.7. The summed E-state index contributed by atoms with van der Waals surface area (Å²) in [6.45, 7) is 0. The Balaban J connectivity index is 1.24. The summed E-state index contributed by atoms with van der Waals surface area (Å²) in [7, 11) is -3.72. The van der Waals surface area contributed by atoms with Crippen molar-refractivity contribution in [3.8, 4) is 0 Å². The zero-order chi connectivity index (χ0) is 21.4. The number of carbonyl (C=O) groups is 1. The van der Waals surface area contributed by atoms with E-state index in [-0.39, 0.29) is 28.6 Å². The molecular weight excluding hydrogens is 414 g/mol. The summed E-state index contributed by atoms with van der Waals surface area (Å²) in [5.41, 5.74) is 1.70. The van der Waals surface area contributed by atoms with Crippen LogP contribution in [-0.4, -0.2) is 29.3 Å². The molecule has 0 saturated heterocycles. The van der Waals surface area contributed by atoms with Crippen molar-refractivity contribution >= 4 is 38.3 Å². The highest BCUT2D eigenvalue weighted by Crippen LogP contribution is 2.48. The van der Waals surface area contributed by atoms with Crippen molar-refractivity contribution in [3.63, 3.8) is 0 Å². The Morgan fingerprint density at radius 3 is 2.65 bits per heavy atom. The predicted molar refractivity (Wildman–Crippen MR) is 117 cm³/mol. The lowest BCUT2D eigenvalue weighted by Gasteiger charge is -2.08. The molecule has 0 bridgehead atoms. The van der Waals surface area contributed by atoms with Crippen LogP contribution in [-0.2, 0) is 14.8 Å². The minimum atomic E-state index is -3.72. The first-order valence-electron chi connectivity index (χ1n) is 9.76. The maximum Gasteiger partial charge on any atom is 0.264 e. The highest BCUT2D eigenvalue weighted by Gasteiger charge is 2.44. The van der Waals surface area contributed by atoms with E-state index in [4.69, 9.17) is 0 Å². The minimum Gasteiger partial charge on any atom is -0.330 e. The van der Waals surface area contributed by atoms with Gasteiger partial charge in [-0.25, -0.2) is 18.1 Å². The standard InChI is InChI=1S/C22H19N5O3S/c28-21(26-17-4-1-16-13-23-8-7-15(16)11-17)20-12-19(20)14-2-5-18(6-3-14)31(29,30)27-22-24-9-10-25-22/h1-11,13,19-20H,12H2,(H,26,28)(H2,24,25,27)/t19?,20-/m1/s1. The van der Waals surface area contributed by atoms with E-state index in [1.54, 1.807) is 36.7 Å². The van der Waals surface area contributed by atoms with Crippen molar-refractivity contribution in [2.45, 2.75) is 17.2 Å². The lowest BCUT2D eigenvalue weighted by atomic mass is 10.1. The van der Waals surface area contributed by atoms with Gasteiger partial charge >= 0.3 is 0 Å². The number of imidazole rings is 1. The van der Waals surface area contributed by atoms with Gasteiger partial charge in [-0.05, 0) is 53.6 Å². The van der Waals surface area contributed by atoms with E-state index < -0.39 is 10.0 Å². The summed E-state index contributed by atoms with van der Waals surface area (Å²) in [5.74, 6) is 0.0822. The third-order valence-electron chi connectivity index (χ3n) is 5.38. The molecule has 8 nitrogen and oxygen atoms in total. The number of benzene rings is 2. The minimum absolute atomic E-state index is 0.0328. The molecule has 1 fully saturated rings. The van der Waals surface area contributed by atoms with E-state index in [0.29, 0.717) is 0 Å². The molecule has 31 heavy (non-hydrogen) atoms. The van der Waals surface area contributed by atoms with Gasteiger partial charge in [0.15, 0.2) is 0 Å². The molecule has 1 aliphatic carbocycles. The van der Waals surface area contributed by atoms with E-state index in [9.17, 15) is 13.2 Å². The number of aromatic amines is 1. The van der Waals surface area contributed by atoms with Gasteiger partial charge in [0.25, 0.3) is 10.0 Å². The van der Waals surface area contributed by atoms with Crippen LogP contribution in [0.4, 0.5) is 11.6 Å². The van der Waals surface area contributed by atoms with Gasteiger partial charge in [-0.3, -0.25) is 9.78 Å². The molecule has 2 aromatic heterocycles. The van der Waals surface area contributed by atoms with Gasteiger partial charge in [-0.15, -0.1) is 0 Å². The highest BCUT2D eigenvalue weighted by molar-refractivity contribution is 7.92. The molecule has 1 saturated carbocycles. The number of nitrogens with zero attached hydrogens (tertiary/aromatic N) is 2. The number of amides is 1. The zero-order valence-corrected chi connectivity index (χ0v) is 17.1. The van der Waals surface area contributed by atoms with Crippen molar-refractivity contribution < 1.29 is 13.2 Å². The number of nitrogens with one attached hydrogen (secondary N) is 3. The second kappa shape index (κ2) is 7.51. The number of carbonyl (C=O) groups excluding carboxylic acids is 1. The van der Waals surface area contributed by atoms with Gasteiger partial charge in [0.05, 0.1) is 4.90 Å². The Labute approximate surface area is 178 Å². The summed E-state index contributed by atoms with van der Waals surface area (Å²) in [6.07, 6.45) is 7.24. The van der Waals surface area contributed by atoms with Gasteiger partial charge in [0.1, 0.15) is 0 Å². The number of pyridine rings is 1. The topological polar surface area (TPSA) is 117 Å². The van der Waals surface area contributed by atoms with Crippen LogP contribution in [0.2, 0.25) is 0 Å². The van der Waals surface area contributed by atoms with Crippen LogP contribution in [0.25, 0.3) is 10.8 Å². The van der Waals surface area contributed by atoms with E-state index in [1.807, 2.05) is 24.3 Å². The molecule has 5 rings (SSSR count).